The molecular formula is C8H15MoN3O2+4. The molecule has 5 nitrogen and oxygen atoms in total. The Kier molecular flexibility index (Phi) is 129. The molecule has 0 atom stereocenters. The predicted molar refractivity (Wildman–Crippen MR) is 50.1 cm³/mol. The molecule has 14 heavy (non-hydrogen) atoms. The molecule has 0 aliphatic carbocycles. The second kappa shape index (κ2) is 61.3. The van der Waals surface area contributed by atoms with Crippen LogP contribution in [0.5, 0.6) is 0 Å². The van der Waals surface area contributed by atoms with Gasteiger partial charge in [0.25, 0.3) is 0 Å². The molecule has 0 aromatic heterocycles. The topological polar surface area (TPSA) is 116 Å². The van der Waals surface area contributed by atoms with E-state index in [1.54, 1.807) is 18.2 Å². The average Bonchev–Trinajstić information content (AvgIpc) is 1.88. The largest absolute Gasteiger partial charge is 2.00 e. The van der Waals surface area contributed by atoms with Crippen molar-refractivity contribution in [3.63, 3.8) is 0 Å². The van der Waals surface area contributed by atoms with E-state index in [1.807, 2.05) is 0 Å². The zero-order valence-electron chi connectivity index (χ0n) is 8.70. The summed E-state index contributed by atoms with van der Waals surface area (Å²) in [7, 11) is 0. The van der Waals surface area contributed by atoms with Gasteiger partial charge in [0.15, 0.2) is 0 Å². The van der Waals surface area contributed by atoms with E-state index >= 15 is 0 Å². The van der Waals surface area contributed by atoms with Crippen molar-refractivity contribution in [1.29, 1.82) is 15.8 Å². The third-order valence-corrected chi connectivity index (χ3v) is 0. The molecule has 0 aromatic carbocycles. The summed E-state index contributed by atoms with van der Waals surface area (Å²) in [6, 6.07) is 5.25. The molecule has 0 saturated carbocycles. The molecule has 0 fully saturated rings. The van der Waals surface area contributed by atoms with Gasteiger partial charge in [-0.05, 0) is 0 Å². The third kappa shape index (κ3) is 524. The maximum atomic E-state index is 7.64. The summed E-state index contributed by atoms with van der Waals surface area (Å²) in [5.41, 5.74) is 0. The van der Waals surface area contributed by atoms with Crippen molar-refractivity contribution in [3.05, 3.63) is 0 Å². The number of nitrogens with zero attached hydrogens (tertiary/aromatic N) is 3. The van der Waals surface area contributed by atoms with Crippen LogP contribution in [-0.4, -0.2) is 15.9 Å². The van der Waals surface area contributed by atoms with E-state index in [4.69, 9.17) is 25.7 Å². The number of hydrogen-bond donors (Lipinski definition) is 0. The molecule has 0 radical (unpaired) electrons. The number of nitriles is 3. The first-order valence-electron chi connectivity index (χ1n) is 3.14. The number of hydrogen-bond acceptors (Lipinski definition) is 3. The Morgan fingerprint density at radius 3 is 1.00 bits per heavy atom. The van der Waals surface area contributed by atoms with Crippen molar-refractivity contribution in [1.82, 2.24) is 0 Å². The van der Waals surface area contributed by atoms with Gasteiger partial charge in [0, 0.05) is 20.8 Å². The number of rotatable bonds is 0. The zero-order valence-corrected chi connectivity index (χ0v) is 10.7. The van der Waals surface area contributed by atoms with Crippen LogP contribution in [0.4, 0.5) is 0 Å². The Labute approximate surface area is 98.8 Å². The van der Waals surface area contributed by atoms with Gasteiger partial charge < -0.3 is 5.11 Å². The molecule has 0 aromatic rings. The van der Waals surface area contributed by atoms with E-state index in [9.17, 15) is 0 Å². The molecule has 0 heterocycles. The first-order chi connectivity index (χ1) is 5.97. The van der Waals surface area contributed by atoms with Crippen LogP contribution in [0.2, 0.25) is 0 Å². The summed E-state index contributed by atoms with van der Waals surface area (Å²) < 4.78 is 0. The summed E-state index contributed by atoms with van der Waals surface area (Å²) >= 11 is 0. The van der Waals surface area contributed by atoms with Gasteiger partial charge in [0.2, 0.25) is 0 Å². The van der Waals surface area contributed by atoms with Crippen LogP contribution < -0.4 is 0 Å². The molecule has 0 aliphatic rings. The minimum atomic E-state index is -0.333. The van der Waals surface area contributed by atoms with E-state index in [0.717, 1.165) is 0 Å². The molecule has 76 valence electrons. The van der Waals surface area contributed by atoms with E-state index in [0.29, 0.717) is 0 Å². The van der Waals surface area contributed by atoms with Crippen LogP contribution in [-0.2, 0) is 21.1 Å². The van der Waals surface area contributed by atoms with Crippen molar-refractivity contribution in [2.24, 2.45) is 0 Å². The van der Waals surface area contributed by atoms with Gasteiger partial charge in [0.1, 0.15) is 6.92 Å². The number of carbonyl (C=O) groups excluding carboxylic acids is 1. The van der Waals surface area contributed by atoms with Gasteiger partial charge in [0.05, 0.1) is 18.2 Å². The molecule has 0 saturated heterocycles. The maximum absolute atomic E-state index is 7.64. The quantitative estimate of drug-likeness (QED) is 0.483. The first-order valence-corrected chi connectivity index (χ1v) is 3.14. The molecule has 0 amide bonds. The van der Waals surface area contributed by atoms with Crippen molar-refractivity contribution in [3.8, 4) is 18.2 Å². The average molecular weight is 281 g/mol. The minimum Gasteiger partial charge on any atom is -0.524 e. The molecule has 0 spiro atoms. The molecule has 0 unspecified atom stereocenters. The SMILES string of the molecule is CC#N.CC#N.CC#N.CC(=[OH+])[OH2+].[Mo+2]. The summed E-state index contributed by atoms with van der Waals surface area (Å²) in [5, 5.41) is 28.0. The van der Waals surface area contributed by atoms with Crippen molar-refractivity contribution in [2.75, 3.05) is 0 Å². The molecule has 0 aliphatic heterocycles. The molecule has 0 bridgehead atoms. The van der Waals surface area contributed by atoms with E-state index in [-0.39, 0.29) is 27.0 Å². The minimum absolute atomic E-state index is 0. The maximum Gasteiger partial charge on any atom is 2.00 e. The van der Waals surface area contributed by atoms with Crippen LogP contribution in [0.15, 0.2) is 0 Å². The fourth-order valence-corrected chi connectivity index (χ4v) is 0. The van der Waals surface area contributed by atoms with E-state index in [2.05, 4.69) is 0 Å². The van der Waals surface area contributed by atoms with Crippen molar-refractivity contribution in [2.45, 2.75) is 27.7 Å². The van der Waals surface area contributed by atoms with Gasteiger partial charge in [-0.3, -0.25) is 0 Å². The Morgan fingerprint density at radius 2 is 1.00 bits per heavy atom. The fourth-order valence-electron chi connectivity index (χ4n) is 0. The standard InChI is InChI=1S/3C2H3N.C2H4O2.Mo/c3*1-2-3;1-2(3)4;/h3*1H3;1H3,(H,3,4);/q;;;;+2/p+2. The Bertz CT molecular complexity index is 178. The van der Waals surface area contributed by atoms with Crippen molar-refractivity contribution >= 4 is 5.97 Å². The van der Waals surface area contributed by atoms with Gasteiger partial charge in [-0.15, -0.1) is 0 Å². The van der Waals surface area contributed by atoms with Gasteiger partial charge in [-0.1, -0.05) is 0 Å². The van der Waals surface area contributed by atoms with Gasteiger partial charge in [-0.25, -0.2) is 4.79 Å². The predicted octanol–water partition coefficient (Wildman–Crippen LogP) is 0.820. The van der Waals surface area contributed by atoms with Crippen LogP contribution in [0.1, 0.15) is 27.7 Å². The fraction of sp³-hybridized carbons (Fsp3) is 0.500. The molecule has 0 rings (SSSR count). The van der Waals surface area contributed by atoms with Crippen LogP contribution in [0, 0.1) is 34.0 Å². The van der Waals surface area contributed by atoms with Gasteiger partial charge >= 0.3 is 27.0 Å². The summed E-state index contributed by atoms with van der Waals surface area (Å²) in [4.78, 5) is 7.64. The third-order valence-electron chi connectivity index (χ3n) is 0. The second-order valence-electron chi connectivity index (χ2n) is 1.26. The van der Waals surface area contributed by atoms with Crippen molar-refractivity contribution < 1.29 is 31.0 Å². The molecular weight excluding hydrogens is 266 g/mol. The molecule has 3 N–H and O–H groups in total. The van der Waals surface area contributed by atoms with E-state index in [1.165, 1.54) is 27.7 Å². The smallest absolute Gasteiger partial charge is 0.524 e. The normalized spacial score (nSPS) is 3.50. The van der Waals surface area contributed by atoms with Crippen LogP contribution in [0.25, 0.3) is 0 Å². The van der Waals surface area contributed by atoms with Gasteiger partial charge in [-0.2, -0.15) is 15.8 Å². The zero-order chi connectivity index (χ0) is 11.7. The van der Waals surface area contributed by atoms with Crippen LogP contribution >= 0.6 is 0 Å². The van der Waals surface area contributed by atoms with Crippen LogP contribution in [0.3, 0.4) is 0 Å². The Balaban J connectivity index is -0.0000000254. The Morgan fingerprint density at radius 1 is 1.00 bits per heavy atom. The molecule has 6 heteroatoms. The van der Waals surface area contributed by atoms with E-state index < -0.39 is 0 Å². The first kappa shape index (κ1) is 29.3. The Hall–Kier alpha value is -1.37. The second-order valence-corrected chi connectivity index (χ2v) is 1.26. The summed E-state index contributed by atoms with van der Waals surface area (Å²) in [6.45, 7) is 5.60. The monoisotopic (exact) mass is 283 g/mol. The summed E-state index contributed by atoms with van der Waals surface area (Å²) in [6.07, 6.45) is 0. The summed E-state index contributed by atoms with van der Waals surface area (Å²) in [5.74, 6) is -0.333.